The molecule has 1 fully saturated rings. The second-order valence-corrected chi connectivity index (χ2v) is 7.05. The van der Waals surface area contributed by atoms with E-state index >= 15 is 0 Å². The number of ether oxygens (including phenoxy) is 1. The van der Waals surface area contributed by atoms with Gasteiger partial charge in [0.05, 0.1) is 0 Å². The summed E-state index contributed by atoms with van der Waals surface area (Å²) in [6.07, 6.45) is 4.69. The summed E-state index contributed by atoms with van der Waals surface area (Å²) in [5.41, 5.74) is 1.83. The molecule has 3 heteroatoms. The van der Waals surface area contributed by atoms with E-state index in [9.17, 15) is 4.79 Å². The third kappa shape index (κ3) is 4.41. The minimum atomic E-state index is 0.118. The summed E-state index contributed by atoms with van der Waals surface area (Å²) in [5.74, 6) is 0.858. The van der Waals surface area contributed by atoms with E-state index in [0.717, 1.165) is 24.2 Å². The van der Waals surface area contributed by atoms with E-state index in [1.807, 2.05) is 54.6 Å². The van der Waals surface area contributed by atoms with Gasteiger partial charge in [0.2, 0.25) is 0 Å². The number of carbonyl (C=O) groups is 1. The molecule has 0 spiro atoms. The number of carbonyl (C=O) groups excluding carboxylic acids is 1. The van der Waals surface area contributed by atoms with Gasteiger partial charge >= 0.3 is 0 Å². The molecule has 0 saturated heterocycles. The zero-order chi connectivity index (χ0) is 17.6. The molecule has 0 radical (unpaired) electrons. The maximum absolute atomic E-state index is 13.1. The lowest BCUT2D eigenvalue weighted by Gasteiger charge is -2.33. The van der Waals surface area contributed by atoms with Crippen LogP contribution in [0.25, 0.3) is 0 Å². The molecule has 0 atom stereocenters. The van der Waals surface area contributed by atoms with Crippen LogP contribution in [-0.2, 0) is 6.61 Å². The fourth-order valence-corrected chi connectivity index (χ4v) is 3.61. The first-order valence-electron chi connectivity index (χ1n) is 9.24. The van der Waals surface area contributed by atoms with Crippen molar-refractivity contribution >= 4 is 5.91 Å². The van der Waals surface area contributed by atoms with Gasteiger partial charge in [0.15, 0.2) is 0 Å². The van der Waals surface area contributed by atoms with Gasteiger partial charge in [0, 0.05) is 17.6 Å². The van der Waals surface area contributed by atoms with E-state index in [1.165, 1.54) is 12.8 Å². The second kappa shape index (κ2) is 8.19. The van der Waals surface area contributed by atoms with Gasteiger partial charge in [0.25, 0.3) is 5.91 Å². The highest BCUT2D eigenvalue weighted by atomic mass is 16.5. The number of hydrogen-bond acceptors (Lipinski definition) is 2. The van der Waals surface area contributed by atoms with Gasteiger partial charge in [-0.05, 0) is 50.5 Å². The number of benzene rings is 2. The summed E-state index contributed by atoms with van der Waals surface area (Å²) in [6.45, 7) is 4.72. The first-order chi connectivity index (χ1) is 12.1. The molecule has 1 aliphatic carbocycles. The molecule has 0 aliphatic heterocycles. The van der Waals surface area contributed by atoms with Gasteiger partial charge in [-0.15, -0.1) is 0 Å². The van der Waals surface area contributed by atoms with E-state index < -0.39 is 0 Å². The molecule has 1 saturated carbocycles. The Morgan fingerprint density at radius 1 is 1.08 bits per heavy atom. The Balaban J connectivity index is 1.72. The van der Waals surface area contributed by atoms with E-state index in [2.05, 4.69) is 18.7 Å². The Labute approximate surface area is 150 Å². The predicted molar refractivity (Wildman–Crippen MR) is 101 cm³/mol. The zero-order valence-electron chi connectivity index (χ0n) is 15.2. The van der Waals surface area contributed by atoms with Crippen LogP contribution in [0.15, 0.2) is 54.6 Å². The molecule has 2 aromatic rings. The van der Waals surface area contributed by atoms with Crippen molar-refractivity contribution in [2.75, 3.05) is 0 Å². The van der Waals surface area contributed by atoms with Crippen molar-refractivity contribution in [1.82, 2.24) is 4.90 Å². The molecule has 0 bridgehead atoms. The monoisotopic (exact) mass is 337 g/mol. The third-order valence-corrected chi connectivity index (χ3v) is 4.84. The van der Waals surface area contributed by atoms with Gasteiger partial charge in [0.1, 0.15) is 12.4 Å². The Bertz CT molecular complexity index is 690. The second-order valence-electron chi connectivity index (χ2n) is 7.05. The third-order valence-electron chi connectivity index (χ3n) is 4.84. The summed E-state index contributed by atoms with van der Waals surface area (Å²) in [5, 5.41) is 0. The highest BCUT2D eigenvalue weighted by Gasteiger charge is 2.29. The largest absolute Gasteiger partial charge is 0.489 e. The SMILES string of the molecule is CC(C)N(C(=O)c1cccc(OCc2ccccc2)c1)C1CCCC1. The van der Waals surface area contributed by atoms with E-state index in [-0.39, 0.29) is 11.9 Å². The lowest BCUT2D eigenvalue weighted by atomic mass is 10.1. The van der Waals surface area contributed by atoms with Crippen molar-refractivity contribution < 1.29 is 9.53 Å². The minimum absolute atomic E-state index is 0.118. The van der Waals surface area contributed by atoms with Crippen molar-refractivity contribution in [2.45, 2.75) is 58.2 Å². The maximum atomic E-state index is 13.1. The molecule has 25 heavy (non-hydrogen) atoms. The minimum Gasteiger partial charge on any atom is -0.489 e. The van der Waals surface area contributed by atoms with Crippen LogP contribution in [-0.4, -0.2) is 22.9 Å². The maximum Gasteiger partial charge on any atom is 0.254 e. The van der Waals surface area contributed by atoms with E-state index in [0.29, 0.717) is 18.2 Å². The molecule has 0 aromatic heterocycles. The first-order valence-corrected chi connectivity index (χ1v) is 9.24. The zero-order valence-corrected chi connectivity index (χ0v) is 15.2. The number of nitrogens with zero attached hydrogens (tertiary/aromatic N) is 1. The number of hydrogen-bond donors (Lipinski definition) is 0. The van der Waals surface area contributed by atoms with Crippen molar-refractivity contribution in [1.29, 1.82) is 0 Å². The Morgan fingerprint density at radius 2 is 1.80 bits per heavy atom. The van der Waals surface area contributed by atoms with Gasteiger partial charge in [-0.25, -0.2) is 0 Å². The Morgan fingerprint density at radius 3 is 2.48 bits per heavy atom. The van der Waals surface area contributed by atoms with Crippen LogP contribution in [0.5, 0.6) is 5.75 Å². The Hall–Kier alpha value is -2.29. The van der Waals surface area contributed by atoms with Crippen LogP contribution in [0.3, 0.4) is 0 Å². The summed E-state index contributed by atoms with van der Waals surface area (Å²) in [6, 6.07) is 18.2. The molecular weight excluding hydrogens is 310 g/mol. The highest BCUT2D eigenvalue weighted by molar-refractivity contribution is 5.95. The van der Waals surface area contributed by atoms with Crippen LogP contribution in [0.2, 0.25) is 0 Å². The fraction of sp³-hybridized carbons (Fsp3) is 0.409. The van der Waals surface area contributed by atoms with Crippen LogP contribution >= 0.6 is 0 Å². The lowest BCUT2D eigenvalue weighted by molar-refractivity contribution is 0.0613. The standard InChI is InChI=1S/C22H27NO2/c1-17(2)23(20-12-6-7-13-20)22(24)19-11-8-14-21(15-19)25-16-18-9-4-3-5-10-18/h3-5,8-11,14-15,17,20H,6-7,12-13,16H2,1-2H3. The molecule has 2 aromatic carbocycles. The highest BCUT2D eigenvalue weighted by Crippen LogP contribution is 2.27. The van der Waals surface area contributed by atoms with Crippen molar-refractivity contribution in [2.24, 2.45) is 0 Å². The first kappa shape index (κ1) is 17.5. The molecular formula is C22H27NO2. The van der Waals surface area contributed by atoms with Crippen molar-refractivity contribution in [3.63, 3.8) is 0 Å². The average molecular weight is 337 g/mol. The predicted octanol–water partition coefficient (Wildman–Crippen LogP) is 5.06. The van der Waals surface area contributed by atoms with Crippen LogP contribution < -0.4 is 4.74 Å². The van der Waals surface area contributed by atoms with Crippen LogP contribution in [0.4, 0.5) is 0 Å². The molecule has 1 amide bonds. The van der Waals surface area contributed by atoms with Crippen molar-refractivity contribution in [3.8, 4) is 5.75 Å². The molecule has 132 valence electrons. The summed E-state index contributed by atoms with van der Waals surface area (Å²) in [4.78, 5) is 15.1. The number of rotatable bonds is 6. The normalized spacial score (nSPS) is 14.7. The van der Waals surface area contributed by atoms with Crippen LogP contribution in [0.1, 0.15) is 55.5 Å². The molecule has 0 N–H and O–H groups in total. The lowest BCUT2D eigenvalue weighted by Crippen LogP contribution is -2.43. The van der Waals surface area contributed by atoms with Gasteiger partial charge in [-0.3, -0.25) is 4.79 Å². The average Bonchev–Trinajstić information content (AvgIpc) is 3.15. The summed E-state index contributed by atoms with van der Waals surface area (Å²) >= 11 is 0. The van der Waals surface area contributed by atoms with Crippen LogP contribution in [0, 0.1) is 0 Å². The molecule has 3 rings (SSSR count). The number of amides is 1. The summed E-state index contributed by atoms with van der Waals surface area (Å²) in [7, 11) is 0. The molecule has 0 unspecified atom stereocenters. The fourth-order valence-electron chi connectivity index (χ4n) is 3.61. The van der Waals surface area contributed by atoms with E-state index in [1.54, 1.807) is 0 Å². The van der Waals surface area contributed by atoms with Gasteiger partial charge in [-0.1, -0.05) is 49.2 Å². The quantitative estimate of drug-likeness (QED) is 0.737. The van der Waals surface area contributed by atoms with Crippen molar-refractivity contribution in [3.05, 3.63) is 65.7 Å². The van der Waals surface area contributed by atoms with Gasteiger partial charge < -0.3 is 9.64 Å². The Kier molecular flexibility index (Phi) is 5.75. The summed E-state index contributed by atoms with van der Waals surface area (Å²) < 4.78 is 5.88. The van der Waals surface area contributed by atoms with E-state index in [4.69, 9.17) is 4.74 Å². The van der Waals surface area contributed by atoms with Gasteiger partial charge in [-0.2, -0.15) is 0 Å². The molecule has 1 aliphatic rings. The topological polar surface area (TPSA) is 29.5 Å². The molecule has 0 heterocycles. The smallest absolute Gasteiger partial charge is 0.254 e. The molecule has 3 nitrogen and oxygen atoms in total.